The molecule has 2 aromatic rings. The Morgan fingerprint density at radius 2 is 1.83 bits per heavy atom. The van der Waals surface area contributed by atoms with Crippen molar-refractivity contribution < 1.29 is 17.9 Å². The average Bonchev–Trinajstić information content (AvgIpc) is 3.18. The summed E-state index contributed by atoms with van der Waals surface area (Å²) in [5.74, 6) is 0.297. The fourth-order valence-corrected chi connectivity index (χ4v) is 5.73. The Morgan fingerprint density at radius 3 is 2.60 bits per heavy atom. The zero-order valence-corrected chi connectivity index (χ0v) is 18.5. The molecule has 0 N–H and O–H groups in total. The first kappa shape index (κ1) is 21.2. The van der Waals surface area contributed by atoms with E-state index < -0.39 is 10.0 Å². The van der Waals surface area contributed by atoms with E-state index in [1.807, 2.05) is 13.0 Å². The highest BCUT2D eigenvalue weighted by Crippen LogP contribution is 2.32. The van der Waals surface area contributed by atoms with Crippen molar-refractivity contribution in [2.24, 2.45) is 0 Å². The van der Waals surface area contributed by atoms with Crippen molar-refractivity contribution in [2.45, 2.75) is 37.5 Å². The van der Waals surface area contributed by atoms with Gasteiger partial charge in [0.25, 0.3) is 5.91 Å². The molecule has 2 heterocycles. The minimum Gasteiger partial charge on any atom is -0.482 e. The number of piperidine rings is 1. The molecule has 160 valence electrons. The maximum Gasteiger partial charge on any atom is 0.264 e. The van der Waals surface area contributed by atoms with E-state index in [4.69, 9.17) is 16.3 Å². The number of nitrogens with zero attached hydrogens (tertiary/aromatic N) is 2. The fourth-order valence-electron chi connectivity index (χ4n) is 3.99. The van der Waals surface area contributed by atoms with Gasteiger partial charge < -0.3 is 9.64 Å². The predicted molar refractivity (Wildman–Crippen MR) is 117 cm³/mol. The van der Waals surface area contributed by atoms with Crippen molar-refractivity contribution in [3.05, 3.63) is 52.5 Å². The van der Waals surface area contributed by atoms with Crippen LogP contribution in [0.25, 0.3) is 0 Å². The van der Waals surface area contributed by atoms with Crippen LogP contribution >= 0.6 is 11.6 Å². The zero-order valence-electron chi connectivity index (χ0n) is 16.9. The second-order valence-electron chi connectivity index (χ2n) is 7.77. The van der Waals surface area contributed by atoms with E-state index in [2.05, 4.69) is 0 Å². The first-order chi connectivity index (χ1) is 14.4. The van der Waals surface area contributed by atoms with E-state index in [0.717, 1.165) is 36.1 Å². The van der Waals surface area contributed by atoms with Crippen LogP contribution in [0.2, 0.25) is 5.02 Å². The summed E-state index contributed by atoms with van der Waals surface area (Å²) in [7, 11) is -3.49. The van der Waals surface area contributed by atoms with Gasteiger partial charge in [-0.25, -0.2) is 8.42 Å². The van der Waals surface area contributed by atoms with E-state index in [-0.39, 0.29) is 12.5 Å². The molecule has 1 fully saturated rings. The van der Waals surface area contributed by atoms with Crippen LogP contribution < -0.4 is 9.64 Å². The normalized spacial score (nSPS) is 17.1. The highest BCUT2D eigenvalue weighted by molar-refractivity contribution is 7.89. The Hall–Kier alpha value is -2.09. The Morgan fingerprint density at radius 1 is 1.07 bits per heavy atom. The van der Waals surface area contributed by atoms with Gasteiger partial charge in [0, 0.05) is 25.3 Å². The molecule has 6 nitrogen and oxygen atoms in total. The lowest BCUT2D eigenvalue weighted by molar-refractivity contribution is -0.120. The third-order valence-electron chi connectivity index (χ3n) is 5.64. The lowest BCUT2D eigenvalue weighted by atomic mass is 10.2. The summed E-state index contributed by atoms with van der Waals surface area (Å²) in [5, 5.41) is 0.461. The van der Waals surface area contributed by atoms with Crippen LogP contribution in [0.4, 0.5) is 5.69 Å². The third kappa shape index (κ3) is 4.19. The number of hydrogen-bond donors (Lipinski definition) is 0. The highest BCUT2D eigenvalue weighted by atomic mass is 35.5. The first-order valence-corrected chi connectivity index (χ1v) is 12.0. The van der Waals surface area contributed by atoms with Gasteiger partial charge in [0.2, 0.25) is 10.0 Å². The van der Waals surface area contributed by atoms with E-state index >= 15 is 0 Å². The summed E-state index contributed by atoms with van der Waals surface area (Å²) in [5.41, 5.74) is 2.61. The quantitative estimate of drug-likeness (QED) is 0.697. The molecule has 2 aliphatic heterocycles. The monoisotopic (exact) mass is 448 g/mol. The van der Waals surface area contributed by atoms with Crippen molar-refractivity contribution >= 4 is 33.2 Å². The molecule has 0 aliphatic carbocycles. The number of aryl methyl sites for hydroxylation is 1. The van der Waals surface area contributed by atoms with Crippen molar-refractivity contribution in [1.82, 2.24) is 4.31 Å². The number of carbonyl (C=O) groups is 1. The van der Waals surface area contributed by atoms with Gasteiger partial charge >= 0.3 is 0 Å². The van der Waals surface area contributed by atoms with Gasteiger partial charge in [0.1, 0.15) is 5.75 Å². The van der Waals surface area contributed by atoms with Crippen molar-refractivity contribution in [3.63, 3.8) is 0 Å². The molecule has 0 atom stereocenters. The summed E-state index contributed by atoms with van der Waals surface area (Å²) in [6.07, 6.45) is 3.49. The van der Waals surface area contributed by atoms with Gasteiger partial charge in [-0.15, -0.1) is 0 Å². The van der Waals surface area contributed by atoms with Crippen LogP contribution in [0.3, 0.4) is 0 Å². The second-order valence-corrected chi connectivity index (χ2v) is 10.1. The smallest absolute Gasteiger partial charge is 0.264 e. The number of carbonyl (C=O) groups excluding carboxylic acids is 1. The van der Waals surface area contributed by atoms with Crippen LogP contribution in [0.1, 0.15) is 30.4 Å². The Balaban J connectivity index is 1.48. The zero-order chi connectivity index (χ0) is 21.3. The Labute approximate surface area is 182 Å². The van der Waals surface area contributed by atoms with Gasteiger partial charge in [-0.3, -0.25) is 4.79 Å². The molecular weight excluding hydrogens is 424 g/mol. The largest absolute Gasteiger partial charge is 0.482 e. The third-order valence-corrected chi connectivity index (χ3v) is 7.85. The molecular formula is C22H25ClN2O4S. The van der Waals surface area contributed by atoms with Crippen molar-refractivity contribution in [1.29, 1.82) is 0 Å². The number of fused-ring (bicyclic) bond motifs is 1. The van der Waals surface area contributed by atoms with Gasteiger partial charge in [-0.05, 0) is 67.6 Å². The minimum atomic E-state index is -3.49. The first-order valence-electron chi connectivity index (χ1n) is 10.2. The second kappa shape index (κ2) is 8.57. The van der Waals surface area contributed by atoms with Crippen molar-refractivity contribution in [3.8, 4) is 5.75 Å². The van der Waals surface area contributed by atoms with E-state index in [0.29, 0.717) is 41.7 Å². The standard InChI is InChI=1S/C22H25ClN2O4S/c1-16-5-7-19(23)21(13-16)29-15-22(26)25-12-9-17-14-18(6-8-20(17)25)30(27,28)24-10-3-2-4-11-24/h5-8,13-14H,2-4,9-12,15H2,1H3. The number of amides is 1. The topological polar surface area (TPSA) is 66.9 Å². The molecule has 1 amide bonds. The summed E-state index contributed by atoms with van der Waals surface area (Å²) in [6.45, 7) is 3.45. The van der Waals surface area contributed by atoms with Crippen LogP contribution in [0.5, 0.6) is 5.75 Å². The SMILES string of the molecule is Cc1ccc(Cl)c(OCC(=O)N2CCc3cc(S(=O)(=O)N4CCCCC4)ccc32)c1. The summed E-state index contributed by atoms with van der Waals surface area (Å²) in [4.78, 5) is 14.7. The number of benzene rings is 2. The lowest BCUT2D eigenvalue weighted by Crippen LogP contribution is -2.35. The van der Waals surface area contributed by atoms with Gasteiger partial charge in [-0.2, -0.15) is 4.31 Å². The maximum absolute atomic E-state index is 12.9. The van der Waals surface area contributed by atoms with E-state index in [1.54, 1.807) is 39.5 Å². The highest BCUT2D eigenvalue weighted by Gasteiger charge is 2.30. The van der Waals surface area contributed by atoms with Crippen LogP contribution in [-0.2, 0) is 21.2 Å². The molecule has 4 rings (SSSR count). The van der Waals surface area contributed by atoms with E-state index in [9.17, 15) is 13.2 Å². The predicted octanol–water partition coefficient (Wildman–Crippen LogP) is 3.79. The molecule has 0 spiro atoms. The number of hydrogen-bond acceptors (Lipinski definition) is 4. The summed E-state index contributed by atoms with van der Waals surface area (Å²) < 4.78 is 33.1. The molecule has 2 aromatic carbocycles. The fraction of sp³-hybridized carbons (Fsp3) is 0.409. The molecule has 0 unspecified atom stereocenters. The maximum atomic E-state index is 12.9. The number of anilines is 1. The summed E-state index contributed by atoms with van der Waals surface area (Å²) >= 11 is 6.13. The van der Waals surface area contributed by atoms with Gasteiger partial charge in [0.05, 0.1) is 9.92 Å². The van der Waals surface area contributed by atoms with Gasteiger partial charge in [0.15, 0.2) is 6.61 Å². The molecule has 0 bridgehead atoms. The average molecular weight is 449 g/mol. The molecule has 0 radical (unpaired) electrons. The number of rotatable bonds is 5. The minimum absolute atomic E-state index is 0.129. The van der Waals surface area contributed by atoms with E-state index in [1.165, 1.54) is 0 Å². The Bertz CT molecular complexity index is 1060. The number of ether oxygens (including phenoxy) is 1. The lowest BCUT2D eigenvalue weighted by Gasteiger charge is -2.26. The van der Waals surface area contributed by atoms with Crippen LogP contribution in [0, 0.1) is 6.92 Å². The molecule has 8 heteroatoms. The van der Waals surface area contributed by atoms with Crippen LogP contribution in [-0.4, -0.2) is 44.9 Å². The molecule has 0 saturated carbocycles. The number of sulfonamides is 1. The molecule has 30 heavy (non-hydrogen) atoms. The summed E-state index contributed by atoms with van der Waals surface area (Å²) in [6, 6.07) is 10.5. The molecule has 0 aromatic heterocycles. The van der Waals surface area contributed by atoms with Crippen molar-refractivity contribution in [2.75, 3.05) is 31.1 Å². The van der Waals surface area contributed by atoms with Crippen LogP contribution in [0.15, 0.2) is 41.3 Å². The van der Waals surface area contributed by atoms with Gasteiger partial charge in [-0.1, -0.05) is 24.1 Å². The molecule has 1 saturated heterocycles. The molecule has 2 aliphatic rings. The number of halogens is 1. The Kier molecular flexibility index (Phi) is 6.04.